The Morgan fingerprint density at radius 2 is 1.69 bits per heavy atom. The van der Waals surface area contributed by atoms with Gasteiger partial charge in [-0.1, -0.05) is 30.3 Å². The van der Waals surface area contributed by atoms with E-state index < -0.39 is 35.6 Å². The van der Waals surface area contributed by atoms with Crippen molar-refractivity contribution < 1.29 is 32.7 Å². The topological polar surface area (TPSA) is 102 Å². The molecule has 1 aliphatic rings. The van der Waals surface area contributed by atoms with E-state index in [0.717, 1.165) is 17.0 Å². The molecule has 1 aliphatic heterocycles. The number of hydrogen-bond donors (Lipinski definition) is 1. The van der Waals surface area contributed by atoms with E-state index in [-0.39, 0.29) is 29.1 Å². The normalized spacial score (nSPS) is 15.8. The number of amides is 2. The maximum absolute atomic E-state index is 14.1. The number of ketones is 1. The zero-order chi connectivity index (χ0) is 28.5. The van der Waals surface area contributed by atoms with Crippen LogP contribution in [0.1, 0.15) is 52.5 Å². The van der Waals surface area contributed by atoms with Gasteiger partial charge in [0, 0.05) is 17.8 Å². The van der Waals surface area contributed by atoms with Crippen molar-refractivity contribution in [2.75, 3.05) is 4.90 Å². The second-order valence-electron chi connectivity index (χ2n) is 8.99. The molecule has 10 heteroatoms. The van der Waals surface area contributed by atoms with Crippen LogP contribution in [0.2, 0.25) is 0 Å². The molecule has 4 rings (SSSR count). The summed E-state index contributed by atoms with van der Waals surface area (Å²) < 4.78 is 40.5. The zero-order valence-corrected chi connectivity index (χ0v) is 20.9. The molecule has 7 nitrogen and oxygen atoms in total. The van der Waals surface area contributed by atoms with Crippen LogP contribution in [-0.4, -0.2) is 27.8 Å². The molecule has 198 valence electrons. The molecule has 39 heavy (non-hydrogen) atoms. The van der Waals surface area contributed by atoms with Gasteiger partial charge in [0.15, 0.2) is 5.78 Å². The smallest absolute Gasteiger partial charge is 0.416 e. The van der Waals surface area contributed by atoms with Crippen molar-refractivity contribution in [1.82, 2.24) is 4.90 Å². The first-order chi connectivity index (χ1) is 18.4. The first kappa shape index (κ1) is 27.1. The predicted molar refractivity (Wildman–Crippen MR) is 136 cm³/mol. The summed E-state index contributed by atoms with van der Waals surface area (Å²) in [5.74, 6) is -1.58. The average molecular weight is 534 g/mol. The van der Waals surface area contributed by atoms with E-state index in [4.69, 9.17) is 0 Å². The van der Waals surface area contributed by atoms with Gasteiger partial charge in [-0.05, 0) is 67.4 Å². The predicted octanol–water partition coefficient (Wildman–Crippen LogP) is 6.32. The maximum atomic E-state index is 14.1. The molecule has 1 unspecified atom stereocenters. The highest BCUT2D eigenvalue weighted by Gasteiger charge is 2.42. The van der Waals surface area contributed by atoms with Crippen LogP contribution in [0.25, 0.3) is 0 Å². The van der Waals surface area contributed by atoms with Gasteiger partial charge in [0.1, 0.15) is 0 Å². The van der Waals surface area contributed by atoms with E-state index in [1.165, 1.54) is 61.2 Å². The van der Waals surface area contributed by atoms with Crippen molar-refractivity contribution in [1.29, 1.82) is 5.26 Å². The Balaban J connectivity index is 1.93. The van der Waals surface area contributed by atoms with Gasteiger partial charge in [0.25, 0.3) is 0 Å². The van der Waals surface area contributed by atoms with E-state index in [1.54, 1.807) is 18.2 Å². The van der Waals surface area contributed by atoms with Crippen LogP contribution in [0.4, 0.5) is 23.7 Å². The molecule has 0 aliphatic carbocycles. The Bertz CT molecular complexity index is 1540. The number of halogens is 3. The minimum atomic E-state index is -4.65. The third-order valence-corrected chi connectivity index (χ3v) is 6.44. The van der Waals surface area contributed by atoms with E-state index in [9.17, 15) is 37.9 Å². The summed E-state index contributed by atoms with van der Waals surface area (Å²) in [6.07, 6.45) is -4.65. The van der Waals surface area contributed by atoms with Crippen LogP contribution in [0.3, 0.4) is 0 Å². The Morgan fingerprint density at radius 3 is 2.28 bits per heavy atom. The molecule has 0 spiro atoms. The van der Waals surface area contributed by atoms with E-state index in [1.807, 2.05) is 6.07 Å². The summed E-state index contributed by atoms with van der Waals surface area (Å²) in [5.41, 5.74) is 0.590. The number of urea groups is 1. The molecule has 3 aromatic carbocycles. The summed E-state index contributed by atoms with van der Waals surface area (Å²) in [6.45, 7) is 2.65. The van der Waals surface area contributed by atoms with Crippen molar-refractivity contribution in [2.45, 2.75) is 32.6 Å². The van der Waals surface area contributed by atoms with E-state index in [2.05, 4.69) is 0 Å². The number of rotatable bonds is 6. The zero-order valence-electron chi connectivity index (χ0n) is 20.9. The number of hydrogen-bond acceptors (Lipinski definition) is 4. The second kappa shape index (κ2) is 10.5. The largest absolute Gasteiger partial charge is 0.478 e. The van der Waals surface area contributed by atoms with Crippen LogP contribution in [0.15, 0.2) is 84.1 Å². The Hall–Kier alpha value is -4.91. The number of nitriles is 1. The van der Waals surface area contributed by atoms with Crippen LogP contribution < -0.4 is 4.90 Å². The first-order valence-corrected chi connectivity index (χ1v) is 11.7. The summed E-state index contributed by atoms with van der Waals surface area (Å²) in [4.78, 5) is 41.0. The highest BCUT2D eigenvalue weighted by atomic mass is 19.4. The lowest BCUT2D eigenvalue weighted by Gasteiger charge is -2.43. The number of carbonyl (C=O) groups is 3. The monoisotopic (exact) mass is 533 g/mol. The fourth-order valence-corrected chi connectivity index (χ4v) is 4.67. The minimum Gasteiger partial charge on any atom is -0.478 e. The third kappa shape index (κ3) is 5.38. The van der Waals surface area contributed by atoms with Crippen LogP contribution >= 0.6 is 0 Å². The Labute approximate surface area is 222 Å². The van der Waals surface area contributed by atoms with Gasteiger partial charge < -0.3 is 10.0 Å². The highest BCUT2D eigenvalue weighted by molar-refractivity contribution is 6.05. The number of nitrogens with zero attached hydrogens (tertiary/aromatic N) is 3. The Kier molecular flexibility index (Phi) is 7.27. The molecule has 0 saturated heterocycles. The van der Waals surface area contributed by atoms with E-state index >= 15 is 0 Å². The summed E-state index contributed by atoms with van der Waals surface area (Å²) in [7, 11) is 0. The van der Waals surface area contributed by atoms with Crippen LogP contribution in [0, 0.1) is 11.3 Å². The van der Waals surface area contributed by atoms with Gasteiger partial charge in [0.2, 0.25) is 0 Å². The molecule has 0 fully saturated rings. The molecule has 0 aromatic heterocycles. The number of carboxylic acids is 1. The van der Waals surface area contributed by atoms with Gasteiger partial charge in [-0.3, -0.25) is 9.69 Å². The van der Waals surface area contributed by atoms with Crippen LogP contribution in [-0.2, 0) is 17.5 Å². The van der Waals surface area contributed by atoms with Crippen LogP contribution in [0.5, 0.6) is 0 Å². The van der Waals surface area contributed by atoms with Gasteiger partial charge in [-0.2, -0.15) is 18.4 Å². The van der Waals surface area contributed by atoms with E-state index in [0.29, 0.717) is 16.7 Å². The molecular weight excluding hydrogens is 511 g/mol. The lowest BCUT2D eigenvalue weighted by atomic mass is 9.89. The van der Waals surface area contributed by atoms with Crippen molar-refractivity contribution in [2.24, 2.45) is 0 Å². The Morgan fingerprint density at radius 1 is 1.03 bits per heavy atom. The van der Waals surface area contributed by atoms with Gasteiger partial charge in [-0.15, -0.1) is 0 Å². The molecule has 2 amide bonds. The van der Waals surface area contributed by atoms with Gasteiger partial charge in [-0.25, -0.2) is 9.59 Å². The highest BCUT2D eigenvalue weighted by Crippen LogP contribution is 2.41. The van der Waals surface area contributed by atoms with Gasteiger partial charge >= 0.3 is 18.2 Å². The minimum absolute atomic E-state index is 0.0138. The number of anilines is 1. The molecule has 1 atom stereocenters. The quantitative estimate of drug-likeness (QED) is 0.400. The van der Waals surface area contributed by atoms with Crippen molar-refractivity contribution in [3.05, 3.63) is 112 Å². The number of benzene rings is 3. The first-order valence-electron chi connectivity index (χ1n) is 11.7. The molecule has 1 heterocycles. The number of carbonyl (C=O) groups excluding carboxylic acids is 2. The second-order valence-corrected chi connectivity index (χ2v) is 8.99. The fourth-order valence-electron chi connectivity index (χ4n) is 4.67. The molecule has 0 radical (unpaired) electrons. The summed E-state index contributed by atoms with van der Waals surface area (Å²) in [6, 6.07) is 16.8. The molecule has 1 N–H and O–H groups in total. The number of aromatic carboxylic acids is 1. The fraction of sp³-hybridized carbons (Fsp3) is 0.172. The number of allylic oxidation sites excluding steroid dienone is 1. The standard InChI is InChI=1S/C29H22F3N3O4/c1-17-25(18(2)36)26(21-11-9-19(15-33)10-12-21)34(16-20-5-3-6-22(13-20)27(37)38)28(39)35(17)24-8-4-7-23(14-24)29(30,31)32/h3-14,26H,16H2,1-2H3,(H,37,38). The third-order valence-electron chi connectivity index (χ3n) is 6.44. The maximum Gasteiger partial charge on any atom is 0.416 e. The number of carboxylic acid groups (broad SMARTS) is 1. The summed E-state index contributed by atoms with van der Waals surface area (Å²) in [5, 5.41) is 18.6. The van der Waals surface area contributed by atoms with Crippen molar-refractivity contribution >= 4 is 23.5 Å². The molecule has 0 bridgehead atoms. The number of alkyl halides is 3. The molecule has 3 aromatic rings. The molecule has 0 saturated carbocycles. The average Bonchev–Trinajstić information content (AvgIpc) is 2.90. The number of Topliss-reactive ketones (excluding diaryl/α,β-unsaturated/α-hetero) is 1. The SMILES string of the molecule is CC(=O)C1=C(C)N(c2cccc(C(F)(F)F)c2)C(=O)N(Cc2cccc(C(=O)O)c2)C1c1ccc(C#N)cc1. The summed E-state index contributed by atoms with van der Waals surface area (Å²) >= 11 is 0. The lowest BCUT2D eigenvalue weighted by molar-refractivity contribution is -0.137. The van der Waals surface area contributed by atoms with Crippen molar-refractivity contribution in [3.8, 4) is 6.07 Å². The lowest BCUT2D eigenvalue weighted by Crippen LogP contribution is -2.50. The van der Waals surface area contributed by atoms with Gasteiger partial charge in [0.05, 0.1) is 34.5 Å². The van der Waals surface area contributed by atoms with Crippen molar-refractivity contribution in [3.63, 3.8) is 0 Å². The molecular formula is C29H22F3N3O4.